The lowest BCUT2D eigenvalue weighted by molar-refractivity contribution is -0.0516. The van der Waals surface area contributed by atoms with E-state index < -0.39 is 0 Å². The van der Waals surface area contributed by atoms with Crippen molar-refractivity contribution in [1.82, 2.24) is 0 Å². The van der Waals surface area contributed by atoms with E-state index in [-0.39, 0.29) is 17.1 Å². The lowest BCUT2D eigenvalue weighted by atomic mass is 9.70. The minimum Gasteiger partial charge on any atom is -0.374 e. The molecule has 1 heterocycles. The van der Waals surface area contributed by atoms with Gasteiger partial charge in [-0.05, 0) is 86.8 Å². The highest BCUT2D eigenvalue weighted by molar-refractivity contribution is 6.30. The molecule has 0 atom stereocenters. The number of benzene rings is 1. The summed E-state index contributed by atoms with van der Waals surface area (Å²) in [5.74, 6) is 2.27. The van der Waals surface area contributed by atoms with Crippen LogP contribution in [0.2, 0.25) is 5.02 Å². The molecule has 0 spiro atoms. The zero-order valence-electron chi connectivity index (χ0n) is 17.3. The Bertz CT molecular complexity index is 633. The maximum absolute atomic E-state index is 13.3. The second-order valence-electron chi connectivity index (χ2n) is 9.13. The van der Waals surface area contributed by atoms with Crippen LogP contribution in [0.1, 0.15) is 69.8 Å². The molecule has 0 radical (unpaired) electrons. The van der Waals surface area contributed by atoms with Gasteiger partial charge in [-0.1, -0.05) is 30.5 Å². The van der Waals surface area contributed by atoms with Gasteiger partial charge in [0.05, 0.1) is 30.9 Å². The predicted molar refractivity (Wildman–Crippen MR) is 112 cm³/mol. The van der Waals surface area contributed by atoms with Gasteiger partial charge >= 0.3 is 0 Å². The van der Waals surface area contributed by atoms with E-state index in [1.807, 2.05) is 0 Å². The van der Waals surface area contributed by atoms with Crippen LogP contribution in [0.25, 0.3) is 0 Å². The first-order valence-electron chi connectivity index (χ1n) is 11.5. The average molecular weight is 425 g/mol. The molecule has 3 aliphatic rings. The molecule has 1 aromatic rings. The van der Waals surface area contributed by atoms with Crippen LogP contribution in [0, 0.1) is 23.6 Å². The monoisotopic (exact) mass is 424 g/mol. The summed E-state index contributed by atoms with van der Waals surface area (Å²) in [6, 6.07) is 4.85. The minimum absolute atomic E-state index is 0.0638. The van der Waals surface area contributed by atoms with E-state index in [1.54, 1.807) is 12.1 Å². The van der Waals surface area contributed by atoms with Gasteiger partial charge in [-0.25, -0.2) is 4.39 Å². The van der Waals surface area contributed by atoms with E-state index >= 15 is 0 Å². The van der Waals surface area contributed by atoms with Gasteiger partial charge < -0.3 is 14.2 Å². The van der Waals surface area contributed by atoms with E-state index in [4.69, 9.17) is 25.8 Å². The molecule has 162 valence electrons. The second kappa shape index (κ2) is 10.6. The van der Waals surface area contributed by atoms with Crippen molar-refractivity contribution in [2.45, 2.75) is 83.2 Å². The van der Waals surface area contributed by atoms with E-state index in [0.29, 0.717) is 12.7 Å². The average Bonchev–Trinajstić information content (AvgIpc) is 3.28. The van der Waals surface area contributed by atoms with Crippen LogP contribution >= 0.6 is 11.6 Å². The molecule has 5 heteroatoms. The Balaban J connectivity index is 1.12. The van der Waals surface area contributed by atoms with Crippen molar-refractivity contribution < 1.29 is 18.6 Å². The fourth-order valence-corrected chi connectivity index (χ4v) is 5.67. The largest absolute Gasteiger partial charge is 0.374 e. The third-order valence-corrected chi connectivity index (χ3v) is 7.54. The molecule has 0 unspecified atom stereocenters. The van der Waals surface area contributed by atoms with Crippen LogP contribution < -0.4 is 0 Å². The summed E-state index contributed by atoms with van der Waals surface area (Å²) in [6.45, 7) is 2.05. The summed E-state index contributed by atoms with van der Waals surface area (Å²) < 4.78 is 30.5. The zero-order valence-corrected chi connectivity index (χ0v) is 18.0. The molecule has 3 fully saturated rings. The van der Waals surface area contributed by atoms with Gasteiger partial charge in [0.2, 0.25) is 0 Å². The normalized spacial score (nSPS) is 31.2. The highest BCUT2D eigenvalue weighted by atomic mass is 35.5. The summed E-state index contributed by atoms with van der Waals surface area (Å²) in [6.07, 6.45) is 13.1. The van der Waals surface area contributed by atoms with Crippen LogP contribution in [0.5, 0.6) is 0 Å². The fraction of sp³-hybridized carbons (Fsp3) is 0.750. The fourth-order valence-electron chi connectivity index (χ4n) is 5.46. The molecule has 0 aromatic heterocycles. The Morgan fingerprint density at radius 1 is 0.897 bits per heavy atom. The molecule has 1 aliphatic heterocycles. The number of ether oxygens (including phenoxy) is 3. The van der Waals surface area contributed by atoms with Gasteiger partial charge in [-0.15, -0.1) is 0 Å². The minimum atomic E-state index is -0.370. The molecular formula is C24H34ClFO3. The third-order valence-electron chi connectivity index (χ3n) is 7.25. The number of hydrogen-bond acceptors (Lipinski definition) is 3. The Morgan fingerprint density at radius 3 is 2.21 bits per heavy atom. The highest BCUT2D eigenvalue weighted by Gasteiger charge is 2.31. The lowest BCUT2D eigenvalue weighted by Crippen LogP contribution is -2.28. The Hall–Kier alpha value is -0.680. The summed E-state index contributed by atoms with van der Waals surface area (Å²) in [7, 11) is 0. The number of hydrogen-bond donors (Lipinski definition) is 0. The number of halogens is 2. The SMILES string of the molecule is Fc1ccc(COC2CCC(C3CCC(CCC4OCCO4)CC3)CC2)cc1Cl. The molecule has 0 amide bonds. The van der Waals surface area contributed by atoms with Crippen LogP contribution in [0.4, 0.5) is 4.39 Å². The van der Waals surface area contributed by atoms with Gasteiger partial charge in [0, 0.05) is 0 Å². The third kappa shape index (κ3) is 6.16. The molecule has 1 saturated heterocycles. The molecule has 0 N–H and O–H groups in total. The van der Waals surface area contributed by atoms with Crippen molar-refractivity contribution in [2.75, 3.05) is 13.2 Å². The van der Waals surface area contributed by atoms with Crippen LogP contribution in [0.3, 0.4) is 0 Å². The summed E-state index contributed by atoms with van der Waals surface area (Å²) in [5, 5.41) is 0.175. The molecule has 2 saturated carbocycles. The van der Waals surface area contributed by atoms with E-state index in [9.17, 15) is 4.39 Å². The van der Waals surface area contributed by atoms with Crippen LogP contribution in [0.15, 0.2) is 18.2 Å². The first kappa shape index (κ1) is 21.5. The van der Waals surface area contributed by atoms with Crippen molar-refractivity contribution in [2.24, 2.45) is 17.8 Å². The standard InChI is InChI=1S/C24H34ClFO3/c25-22-15-18(3-11-23(22)26)16-29-21-9-7-20(8-10-21)19-5-1-17(2-6-19)4-12-24-27-13-14-28-24/h3,11,15,17,19-21,24H,1-2,4-10,12-14,16H2. The van der Waals surface area contributed by atoms with Crippen LogP contribution in [-0.4, -0.2) is 25.6 Å². The topological polar surface area (TPSA) is 27.7 Å². The van der Waals surface area contributed by atoms with E-state index in [0.717, 1.165) is 55.8 Å². The maximum Gasteiger partial charge on any atom is 0.157 e. The van der Waals surface area contributed by atoms with Gasteiger partial charge in [0.15, 0.2) is 6.29 Å². The summed E-state index contributed by atoms with van der Waals surface area (Å²) in [5.41, 5.74) is 0.949. The molecule has 4 rings (SSSR count). The van der Waals surface area contributed by atoms with Crippen molar-refractivity contribution in [1.29, 1.82) is 0 Å². The first-order valence-corrected chi connectivity index (χ1v) is 11.8. The van der Waals surface area contributed by atoms with Crippen molar-refractivity contribution in [3.05, 3.63) is 34.6 Å². The Kier molecular flexibility index (Phi) is 7.85. The molecule has 1 aromatic carbocycles. The lowest BCUT2D eigenvalue weighted by Gasteiger charge is -2.38. The van der Waals surface area contributed by atoms with Gasteiger partial charge in [0.25, 0.3) is 0 Å². The molecule has 0 bridgehead atoms. The van der Waals surface area contributed by atoms with Crippen molar-refractivity contribution >= 4 is 11.6 Å². The maximum atomic E-state index is 13.3. The molecular weight excluding hydrogens is 391 g/mol. The first-order chi connectivity index (χ1) is 14.2. The molecule has 3 nitrogen and oxygen atoms in total. The van der Waals surface area contributed by atoms with Crippen molar-refractivity contribution in [3.8, 4) is 0 Å². The summed E-state index contributed by atoms with van der Waals surface area (Å²) >= 11 is 5.86. The van der Waals surface area contributed by atoms with Gasteiger partial charge in [0.1, 0.15) is 5.82 Å². The van der Waals surface area contributed by atoms with Crippen LogP contribution in [-0.2, 0) is 20.8 Å². The quantitative estimate of drug-likeness (QED) is 0.499. The van der Waals surface area contributed by atoms with E-state index in [2.05, 4.69) is 0 Å². The van der Waals surface area contributed by atoms with Crippen molar-refractivity contribution in [3.63, 3.8) is 0 Å². The Labute approximate surface area is 179 Å². The van der Waals surface area contributed by atoms with Gasteiger partial charge in [-0.2, -0.15) is 0 Å². The molecule has 29 heavy (non-hydrogen) atoms. The smallest absolute Gasteiger partial charge is 0.157 e. The molecule has 2 aliphatic carbocycles. The zero-order chi connectivity index (χ0) is 20.1. The number of rotatable bonds is 7. The van der Waals surface area contributed by atoms with E-state index in [1.165, 1.54) is 51.0 Å². The Morgan fingerprint density at radius 2 is 1.55 bits per heavy atom. The second-order valence-corrected chi connectivity index (χ2v) is 9.53. The van der Waals surface area contributed by atoms with Gasteiger partial charge in [-0.3, -0.25) is 0 Å². The highest BCUT2D eigenvalue weighted by Crippen LogP contribution is 2.41. The summed E-state index contributed by atoms with van der Waals surface area (Å²) in [4.78, 5) is 0. The predicted octanol–water partition coefficient (Wildman–Crippen LogP) is 6.51.